The molecule has 2 heteroatoms. The van der Waals surface area contributed by atoms with Crippen molar-refractivity contribution in [3.63, 3.8) is 0 Å². The minimum Gasteiger partial charge on any atom is -0.373 e. The zero-order valence-electron chi connectivity index (χ0n) is 10.5. The maximum atomic E-state index is 4.74. The monoisotopic (exact) mass is 226 g/mol. The van der Waals surface area contributed by atoms with Crippen LogP contribution >= 0.6 is 0 Å². The number of hydrogen-bond acceptors (Lipinski definition) is 2. The molecule has 0 radical (unpaired) electrons. The second kappa shape index (κ2) is 4.02. The van der Waals surface area contributed by atoms with Crippen molar-refractivity contribution in [1.29, 1.82) is 0 Å². The fourth-order valence-corrected chi connectivity index (χ4v) is 2.85. The molecule has 0 atom stereocenters. The largest absolute Gasteiger partial charge is 0.373 e. The van der Waals surface area contributed by atoms with E-state index in [1.165, 1.54) is 47.8 Å². The van der Waals surface area contributed by atoms with Crippen LogP contribution in [0.15, 0.2) is 18.2 Å². The van der Waals surface area contributed by atoms with Gasteiger partial charge < -0.3 is 5.32 Å². The van der Waals surface area contributed by atoms with E-state index >= 15 is 0 Å². The maximum absolute atomic E-state index is 4.74. The van der Waals surface area contributed by atoms with Crippen molar-refractivity contribution in [1.82, 2.24) is 4.98 Å². The molecule has 2 aromatic rings. The minimum absolute atomic E-state index is 1.08. The van der Waals surface area contributed by atoms with Crippen LogP contribution in [0.5, 0.6) is 0 Å². The number of hydrogen-bond donors (Lipinski definition) is 1. The quantitative estimate of drug-likeness (QED) is 0.805. The molecule has 88 valence electrons. The van der Waals surface area contributed by atoms with Crippen molar-refractivity contribution in [2.24, 2.45) is 0 Å². The molecule has 1 aromatic carbocycles. The van der Waals surface area contributed by atoms with Crippen LogP contribution in [-0.4, -0.2) is 12.0 Å². The van der Waals surface area contributed by atoms with Gasteiger partial charge in [0.05, 0.1) is 5.52 Å². The van der Waals surface area contributed by atoms with Gasteiger partial charge >= 0.3 is 0 Å². The lowest BCUT2D eigenvalue weighted by Gasteiger charge is -2.21. The van der Waals surface area contributed by atoms with E-state index in [2.05, 4.69) is 30.4 Å². The molecule has 3 rings (SSSR count). The van der Waals surface area contributed by atoms with Gasteiger partial charge in [0.1, 0.15) is 5.82 Å². The molecule has 17 heavy (non-hydrogen) atoms. The average Bonchev–Trinajstić information content (AvgIpc) is 2.38. The number of nitrogens with one attached hydrogen (secondary N) is 1. The van der Waals surface area contributed by atoms with E-state index in [0.717, 1.165) is 11.3 Å². The first kappa shape index (κ1) is 10.6. The highest BCUT2D eigenvalue weighted by Crippen LogP contribution is 2.32. The van der Waals surface area contributed by atoms with Crippen LogP contribution in [0.25, 0.3) is 10.9 Å². The van der Waals surface area contributed by atoms with Gasteiger partial charge in [-0.05, 0) is 55.9 Å². The van der Waals surface area contributed by atoms with Crippen LogP contribution in [-0.2, 0) is 12.8 Å². The summed E-state index contributed by atoms with van der Waals surface area (Å²) < 4.78 is 0. The molecule has 1 aliphatic rings. The molecule has 1 aromatic heterocycles. The van der Waals surface area contributed by atoms with Crippen LogP contribution in [0, 0.1) is 6.92 Å². The van der Waals surface area contributed by atoms with Gasteiger partial charge in [0.25, 0.3) is 0 Å². The summed E-state index contributed by atoms with van der Waals surface area (Å²) in [5.41, 5.74) is 5.41. The normalized spacial score (nSPS) is 14.7. The topological polar surface area (TPSA) is 24.9 Å². The molecule has 0 bridgehead atoms. The SMILES string of the molecule is CNc1nc2ccc(C)cc2c2c1CCCC2. The number of aryl methyl sites for hydroxylation is 2. The Morgan fingerprint density at radius 3 is 2.65 bits per heavy atom. The number of anilines is 1. The number of nitrogens with zero attached hydrogens (tertiary/aromatic N) is 1. The van der Waals surface area contributed by atoms with Crippen molar-refractivity contribution in [3.05, 3.63) is 34.9 Å². The average molecular weight is 226 g/mol. The highest BCUT2D eigenvalue weighted by Gasteiger charge is 2.17. The molecule has 1 aliphatic carbocycles. The summed E-state index contributed by atoms with van der Waals surface area (Å²) in [4.78, 5) is 4.74. The van der Waals surface area contributed by atoms with Gasteiger partial charge in [0.15, 0.2) is 0 Å². The highest BCUT2D eigenvalue weighted by molar-refractivity contribution is 5.86. The fourth-order valence-electron chi connectivity index (χ4n) is 2.85. The zero-order valence-corrected chi connectivity index (χ0v) is 10.5. The van der Waals surface area contributed by atoms with E-state index in [1.54, 1.807) is 0 Å². The Bertz CT molecular complexity index is 573. The molecule has 1 heterocycles. The molecule has 0 saturated heterocycles. The van der Waals surface area contributed by atoms with Crippen molar-refractivity contribution in [2.45, 2.75) is 32.6 Å². The van der Waals surface area contributed by atoms with Gasteiger partial charge in [-0.2, -0.15) is 0 Å². The number of fused-ring (bicyclic) bond motifs is 3. The van der Waals surface area contributed by atoms with Crippen LogP contribution in [0.3, 0.4) is 0 Å². The predicted molar refractivity (Wildman–Crippen MR) is 72.7 cm³/mol. The van der Waals surface area contributed by atoms with Gasteiger partial charge in [-0.1, -0.05) is 11.6 Å². The molecule has 0 amide bonds. The van der Waals surface area contributed by atoms with E-state index in [0.29, 0.717) is 0 Å². The smallest absolute Gasteiger partial charge is 0.129 e. The van der Waals surface area contributed by atoms with Gasteiger partial charge in [-0.3, -0.25) is 0 Å². The number of pyridine rings is 1. The van der Waals surface area contributed by atoms with E-state index in [9.17, 15) is 0 Å². The second-order valence-corrected chi connectivity index (χ2v) is 4.90. The summed E-state index contributed by atoms with van der Waals surface area (Å²) in [6, 6.07) is 6.57. The number of rotatable bonds is 1. The Balaban J connectivity index is 2.35. The standard InChI is InChI=1S/C15H18N2/c1-10-7-8-14-13(9-10)11-5-3-4-6-12(11)15(16-2)17-14/h7-9H,3-6H2,1-2H3,(H,16,17). The summed E-state index contributed by atoms with van der Waals surface area (Å²) in [6.45, 7) is 2.15. The maximum Gasteiger partial charge on any atom is 0.129 e. The molecule has 0 spiro atoms. The Kier molecular flexibility index (Phi) is 2.50. The van der Waals surface area contributed by atoms with Gasteiger partial charge in [0, 0.05) is 12.4 Å². The third kappa shape index (κ3) is 1.68. The third-order valence-electron chi connectivity index (χ3n) is 3.70. The molecule has 0 unspecified atom stereocenters. The van der Waals surface area contributed by atoms with Crippen molar-refractivity contribution in [3.8, 4) is 0 Å². The van der Waals surface area contributed by atoms with Crippen LogP contribution < -0.4 is 5.32 Å². The zero-order chi connectivity index (χ0) is 11.8. The number of aromatic nitrogens is 1. The first-order valence-electron chi connectivity index (χ1n) is 6.39. The van der Waals surface area contributed by atoms with Gasteiger partial charge in [-0.15, -0.1) is 0 Å². The van der Waals surface area contributed by atoms with E-state index in [-0.39, 0.29) is 0 Å². The lowest BCUT2D eigenvalue weighted by Crippen LogP contribution is -2.09. The molecule has 0 aliphatic heterocycles. The Labute approximate surface area is 102 Å². The number of benzene rings is 1. The predicted octanol–water partition coefficient (Wildman–Crippen LogP) is 3.46. The van der Waals surface area contributed by atoms with Crippen LogP contribution in [0.1, 0.15) is 29.5 Å². The molecule has 1 N–H and O–H groups in total. The molecule has 0 fully saturated rings. The lowest BCUT2D eigenvalue weighted by molar-refractivity contribution is 0.689. The first-order chi connectivity index (χ1) is 8.29. The summed E-state index contributed by atoms with van der Waals surface area (Å²) >= 11 is 0. The van der Waals surface area contributed by atoms with Crippen molar-refractivity contribution < 1.29 is 0 Å². The third-order valence-corrected chi connectivity index (χ3v) is 3.70. The second-order valence-electron chi connectivity index (χ2n) is 4.90. The van der Waals surface area contributed by atoms with Crippen molar-refractivity contribution in [2.75, 3.05) is 12.4 Å². The highest BCUT2D eigenvalue weighted by atomic mass is 15.0. The van der Waals surface area contributed by atoms with Gasteiger partial charge in [0.2, 0.25) is 0 Å². The fraction of sp³-hybridized carbons (Fsp3) is 0.400. The van der Waals surface area contributed by atoms with E-state index in [4.69, 9.17) is 4.98 Å². The van der Waals surface area contributed by atoms with E-state index < -0.39 is 0 Å². The Morgan fingerprint density at radius 1 is 1.12 bits per heavy atom. The van der Waals surface area contributed by atoms with E-state index in [1.807, 2.05) is 7.05 Å². The first-order valence-corrected chi connectivity index (χ1v) is 6.39. The van der Waals surface area contributed by atoms with Crippen LogP contribution in [0.2, 0.25) is 0 Å². The summed E-state index contributed by atoms with van der Waals surface area (Å²) in [7, 11) is 1.97. The Hall–Kier alpha value is -1.57. The lowest BCUT2D eigenvalue weighted by atomic mass is 9.89. The van der Waals surface area contributed by atoms with Crippen LogP contribution in [0.4, 0.5) is 5.82 Å². The summed E-state index contributed by atoms with van der Waals surface area (Å²) in [5.74, 6) is 1.08. The summed E-state index contributed by atoms with van der Waals surface area (Å²) in [5, 5.41) is 4.61. The molecular formula is C15H18N2. The molecular weight excluding hydrogens is 208 g/mol. The summed E-state index contributed by atoms with van der Waals surface area (Å²) in [6.07, 6.45) is 4.97. The Morgan fingerprint density at radius 2 is 1.88 bits per heavy atom. The molecule has 2 nitrogen and oxygen atoms in total. The minimum atomic E-state index is 1.08. The van der Waals surface area contributed by atoms with Crippen molar-refractivity contribution >= 4 is 16.7 Å². The molecule has 0 saturated carbocycles. The van der Waals surface area contributed by atoms with Gasteiger partial charge in [-0.25, -0.2) is 4.98 Å².